The molecule has 9 heteroatoms. The monoisotopic (exact) mass is 430 g/mol. The molecule has 0 radical (unpaired) electrons. The largest absolute Gasteiger partial charge is 0.486 e. The molecule has 1 aromatic heterocycles. The number of hydrogen-bond donors (Lipinski definition) is 1. The maximum Gasteiger partial charge on any atom is 0.146 e. The van der Waals surface area contributed by atoms with E-state index in [0.29, 0.717) is 41.7 Å². The Balaban J connectivity index is 1.73. The van der Waals surface area contributed by atoms with Crippen molar-refractivity contribution in [1.29, 1.82) is 0 Å². The Bertz CT molecular complexity index is 1210. The van der Waals surface area contributed by atoms with Crippen molar-refractivity contribution < 1.29 is 18.1 Å². The molecule has 1 N–H and O–H groups in total. The minimum Gasteiger partial charge on any atom is -0.486 e. The van der Waals surface area contributed by atoms with Crippen LogP contribution in [0.3, 0.4) is 0 Å². The first-order valence-electron chi connectivity index (χ1n) is 9.52. The summed E-state index contributed by atoms with van der Waals surface area (Å²) in [5.41, 5.74) is 2.75. The van der Waals surface area contributed by atoms with Crippen LogP contribution in [0.15, 0.2) is 41.0 Å². The first-order chi connectivity index (χ1) is 14.3. The first-order valence-corrected chi connectivity index (χ1v) is 11.8. The molecule has 2 aromatic carbocycles. The molecule has 4 rings (SSSR count). The molecule has 0 saturated carbocycles. The summed E-state index contributed by atoms with van der Waals surface area (Å²) in [6, 6.07) is 7.97. The molecule has 0 bridgehead atoms. The normalized spacial score (nSPS) is 16.6. The SMILES string of the molecule is Cc1cc(N=S(C)(C)=O)cc2ncnc(Nc3ccc(F)cc3OC3CCOC3)c12. The molecule has 1 unspecified atom stereocenters. The highest BCUT2D eigenvalue weighted by molar-refractivity contribution is 7.92. The predicted molar refractivity (Wildman–Crippen MR) is 116 cm³/mol. The van der Waals surface area contributed by atoms with E-state index < -0.39 is 9.73 Å². The Morgan fingerprint density at radius 3 is 2.83 bits per heavy atom. The molecule has 1 atom stereocenters. The highest BCUT2D eigenvalue weighted by atomic mass is 32.2. The van der Waals surface area contributed by atoms with Crippen LogP contribution >= 0.6 is 0 Å². The van der Waals surface area contributed by atoms with Gasteiger partial charge in [-0.05, 0) is 36.8 Å². The van der Waals surface area contributed by atoms with Crippen LogP contribution in [0.4, 0.5) is 21.6 Å². The minimum atomic E-state index is -2.29. The lowest BCUT2D eigenvalue weighted by Gasteiger charge is -2.17. The van der Waals surface area contributed by atoms with Gasteiger partial charge in [0.1, 0.15) is 29.8 Å². The number of fused-ring (bicyclic) bond motifs is 1. The fourth-order valence-corrected chi connectivity index (χ4v) is 4.00. The number of halogens is 1. The Kier molecular flexibility index (Phi) is 5.57. The van der Waals surface area contributed by atoms with Gasteiger partial charge < -0.3 is 14.8 Å². The number of ether oxygens (including phenoxy) is 2. The zero-order valence-corrected chi connectivity index (χ0v) is 17.8. The van der Waals surface area contributed by atoms with Crippen LogP contribution in [0.25, 0.3) is 10.9 Å². The molecule has 3 aromatic rings. The lowest BCUT2D eigenvalue weighted by atomic mass is 10.1. The Morgan fingerprint density at radius 1 is 1.27 bits per heavy atom. The van der Waals surface area contributed by atoms with Gasteiger partial charge >= 0.3 is 0 Å². The van der Waals surface area contributed by atoms with Crippen LogP contribution in [0.1, 0.15) is 12.0 Å². The van der Waals surface area contributed by atoms with Crippen LogP contribution in [0.2, 0.25) is 0 Å². The van der Waals surface area contributed by atoms with Crippen molar-refractivity contribution in [2.45, 2.75) is 19.4 Å². The first kappa shape index (κ1) is 20.5. The third-order valence-electron chi connectivity index (χ3n) is 4.62. The maximum absolute atomic E-state index is 13.9. The second-order valence-corrected chi connectivity index (χ2v) is 10.1. The molecular formula is C21H23FN4O3S. The summed E-state index contributed by atoms with van der Waals surface area (Å²) in [7, 11) is -2.29. The molecule has 7 nitrogen and oxygen atoms in total. The van der Waals surface area contributed by atoms with Gasteiger partial charge in [-0.2, -0.15) is 4.36 Å². The van der Waals surface area contributed by atoms with Gasteiger partial charge in [0.15, 0.2) is 0 Å². The molecule has 30 heavy (non-hydrogen) atoms. The van der Waals surface area contributed by atoms with E-state index in [0.717, 1.165) is 17.4 Å². The van der Waals surface area contributed by atoms with Crippen molar-refractivity contribution in [2.24, 2.45) is 4.36 Å². The molecule has 0 amide bonds. The van der Waals surface area contributed by atoms with E-state index in [-0.39, 0.29) is 11.9 Å². The molecule has 158 valence electrons. The van der Waals surface area contributed by atoms with E-state index in [4.69, 9.17) is 9.47 Å². The van der Waals surface area contributed by atoms with Gasteiger partial charge in [0.2, 0.25) is 0 Å². The number of benzene rings is 2. The van der Waals surface area contributed by atoms with Gasteiger partial charge in [-0.1, -0.05) is 0 Å². The van der Waals surface area contributed by atoms with Gasteiger partial charge in [0.25, 0.3) is 0 Å². The van der Waals surface area contributed by atoms with E-state index >= 15 is 0 Å². The summed E-state index contributed by atoms with van der Waals surface area (Å²) in [6.07, 6.45) is 5.27. The summed E-state index contributed by atoms with van der Waals surface area (Å²) < 4.78 is 41.5. The quantitative estimate of drug-likeness (QED) is 0.648. The molecule has 0 aliphatic carbocycles. The van der Waals surface area contributed by atoms with Crippen LogP contribution in [-0.4, -0.2) is 46.0 Å². The van der Waals surface area contributed by atoms with E-state index in [1.165, 1.54) is 18.5 Å². The predicted octanol–water partition coefficient (Wildman–Crippen LogP) is 4.35. The number of rotatable bonds is 5. The average molecular weight is 431 g/mol. The van der Waals surface area contributed by atoms with E-state index in [1.54, 1.807) is 24.6 Å². The van der Waals surface area contributed by atoms with Gasteiger partial charge in [-0.25, -0.2) is 18.6 Å². The van der Waals surface area contributed by atoms with Crippen molar-refractivity contribution in [3.8, 4) is 5.75 Å². The van der Waals surface area contributed by atoms with Gasteiger partial charge in [-0.3, -0.25) is 0 Å². The Morgan fingerprint density at radius 2 is 2.10 bits per heavy atom. The number of hydrogen-bond acceptors (Lipinski definition) is 7. The Labute approximate surface area is 174 Å². The van der Waals surface area contributed by atoms with Gasteiger partial charge in [0, 0.05) is 40.1 Å². The van der Waals surface area contributed by atoms with E-state index in [9.17, 15) is 8.60 Å². The van der Waals surface area contributed by atoms with E-state index in [1.807, 2.05) is 13.0 Å². The topological polar surface area (TPSA) is 85.7 Å². The molecule has 0 spiro atoms. The number of anilines is 2. The number of aryl methyl sites for hydroxylation is 1. The third kappa shape index (κ3) is 4.68. The van der Waals surface area contributed by atoms with E-state index in [2.05, 4.69) is 19.6 Å². The zero-order chi connectivity index (χ0) is 21.3. The Hall–Kier alpha value is -2.78. The smallest absolute Gasteiger partial charge is 0.146 e. The van der Waals surface area contributed by atoms with Crippen molar-refractivity contribution in [3.05, 3.63) is 48.0 Å². The summed E-state index contributed by atoms with van der Waals surface area (Å²) >= 11 is 0. The maximum atomic E-state index is 13.9. The van der Waals surface area contributed by atoms with Crippen LogP contribution in [-0.2, 0) is 14.5 Å². The van der Waals surface area contributed by atoms with Crippen molar-refractivity contribution >= 4 is 37.8 Å². The molecule has 1 aliphatic heterocycles. The van der Waals surface area contributed by atoms with Crippen molar-refractivity contribution in [1.82, 2.24) is 9.97 Å². The lowest BCUT2D eigenvalue weighted by Crippen LogP contribution is -2.16. The lowest BCUT2D eigenvalue weighted by molar-refractivity contribution is 0.141. The fourth-order valence-electron chi connectivity index (χ4n) is 3.38. The second-order valence-electron chi connectivity index (χ2n) is 7.52. The number of aromatic nitrogens is 2. The molecule has 2 heterocycles. The second kappa shape index (κ2) is 8.16. The summed E-state index contributed by atoms with van der Waals surface area (Å²) in [5, 5.41) is 4.06. The summed E-state index contributed by atoms with van der Waals surface area (Å²) in [5.74, 6) is 0.585. The van der Waals surface area contributed by atoms with Crippen LogP contribution in [0, 0.1) is 12.7 Å². The van der Waals surface area contributed by atoms with Crippen molar-refractivity contribution in [2.75, 3.05) is 31.0 Å². The van der Waals surface area contributed by atoms with Crippen molar-refractivity contribution in [3.63, 3.8) is 0 Å². The highest BCUT2D eigenvalue weighted by Gasteiger charge is 2.20. The average Bonchev–Trinajstić information content (AvgIpc) is 3.15. The molecular weight excluding hydrogens is 407 g/mol. The van der Waals surface area contributed by atoms with Crippen LogP contribution in [0.5, 0.6) is 5.75 Å². The standard InChI is InChI=1S/C21H23FN4O3S/c1-13-8-15(26-30(2,3)27)10-18-20(13)21(24-12-23-18)25-17-5-4-14(22)9-19(17)29-16-6-7-28-11-16/h4-5,8-10,12,16H,6-7,11H2,1-3H3,(H,23,24,25). The molecule has 1 saturated heterocycles. The molecule has 1 fully saturated rings. The highest BCUT2D eigenvalue weighted by Crippen LogP contribution is 2.34. The number of nitrogens with zero attached hydrogens (tertiary/aromatic N) is 3. The minimum absolute atomic E-state index is 0.113. The van der Waals surface area contributed by atoms with Crippen LogP contribution < -0.4 is 10.1 Å². The summed E-state index contributed by atoms with van der Waals surface area (Å²) in [6.45, 7) is 3.03. The fraction of sp³-hybridized carbons (Fsp3) is 0.333. The van der Waals surface area contributed by atoms with Gasteiger partial charge in [-0.15, -0.1) is 0 Å². The zero-order valence-electron chi connectivity index (χ0n) is 17.0. The van der Waals surface area contributed by atoms with Gasteiger partial charge in [0.05, 0.1) is 30.1 Å². The molecule has 1 aliphatic rings. The number of nitrogens with one attached hydrogen (secondary N) is 1. The third-order valence-corrected chi connectivity index (χ3v) is 5.27. The summed E-state index contributed by atoms with van der Waals surface area (Å²) in [4.78, 5) is 8.72.